The van der Waals surface area contributed by atoms with Crippen LogP contribution >= 0.6 is 0 Å². The predicted molar refractivity (Wildman–Crippen MR) is 84.2 cm³/mol. The number of hydrogen-bond acceptors (Lipinski definition) is 6. The molecule has 2 heterocycles. The summed E-state index contributed by atoms with van der Waals surface area (Å²) in [6, 6.07) is 0. The van der Waals surface area contributed by atoms with Crippen molar-refractivity contribution in [3.05, 3.63) is 29.1 Å². The van der Waals surface area contributed by atoms with E-state index in [0.29, 0.717) is 35.5 Å². The summed E-state index contributed by atoms with van der Waals surface area (Å²) in [5.41, 5.74) is 2.09. The van der Waals surface area contributed by atoms with Crippen molar-refractivity contribution in [3.63, 3.8) is 0 Å². The molecule has 0 atom stereocenters. The van der Waals surface area contributed by atoms with Crippen molar-refractivity contribution in [2.45, 2.75) is 25.8 Å². The highest BCUT2D eigenvalue weighted by Crippen LogP contribution is 2.22. The highest BCUT2D eigenvalue weighted by Gasteiger charge is 2.27. The molecular weight excluding hydrogens is 338 g/mol. The van der Waals surface area contributed by atoms with Crippen molar-refractivity contribution >= 4 is 22.0 Å². The van der Waals surface area contributed by atoms with Crippen LogP contribution in [0.2, 0.25) is 0 Å². The monoisotopic (exact) mass is 357 g/mol. The van der Waals surface area contributed by atoms with Crippen LogP contribution in [0.15, 0.2) is 12.2 Å². The summed E-state index contributed by atoms with van der Waals surface area (Å²) in [7, 11) is -3.55. The molecule has 1 amide bonds. The van der Waals surface area contributed by atoms with E-state index in [1.165, 1.54) is 4.90 Å². The lowest BCUT2D eigenvalue weighted by Crippen LogP contribution is -2.35. The lowest BCUT2D eigenvalue weighted by Gasteiger charge is -2.23. The van der Waals surface area contributed by atoms with Gasteiger partial charge >= 0.3 is 6.09 Å². The summed E-state index contributed by atoms with van der Waals surface area (Å²) < 4.78 is 26.4. The Hall–Kier alpha value is -2.20. The Morgan fingerprint density at radius 1 is 1.42 bits per heavy atom. The number of ketones is 1. The third-order valence-corrected chi connectivity index (χ3v) is 4.20. The largest absolute Gasteiger partial charge is 0.465 e. The van der Waals surface area contributed by atoms with Crippen LogP contribution in [0, 0.1) is 0 Å². The van der Waals surface area contributed by atoms with E-state index >= 15 is 0 Å². The fraction of sp³-hybridized carbons (Fsp3) is 0.500. The minimum Gasteiger partial charge on any atom is -0.465 e. The average Bonchev–Trinajstić information content (AvgIpc) is 2.92. The Balaban J connectivity index is 1.96. The van der Waals surface area contributed by atoms with Crippen LogP contribution in [0.5, 0.6) is 0 Å². The van der Waals surface area contributed by atoms with Crippen LogP contribution in [0.1, 0.15) is 34.6 Å². The van der Waals surface area contributed by atoms with Gasteiger partial charge in [0.05, 0.1) is 25.1 Å². The molecule has 1 aromatic rings. The Bertz CT molecular complexity index is 767. The van der Waals surface area contributed by atoms with Gasteiger partial charge in [0.15, 0.2) is 5.78 Å². The normalized spacial score (nSPS) is 14.3. The number of amides is 1. The molecule has 0 bridgehead atoms. The Kier molecular flexibility index (Phi) is 5.40. The molecule has 2 rings (SSSR count). The number of aromatic amines is 1. The minimum absolute atomic E-state index is 0.105. The highest BCUT2D eigenvalue weighted by atomic mass is 32.2. The number of H-pyrrole nitrogens is 1. The van der Waals surface area contributed by atoms with Crippen LogP contribution in [0.3, 0.4) is 0 Å². The lowest BCUT2D eigenvalue weighted by atomic mass is 10.0. The number of nitrogens with zero attached hydrogens (tertiary/aromatic N) is 2. The molecule has 0 saturated heterocycles. The molecule has 1 aliphatic rings. The number of carbonyl (C=O) groups excluding carboxylic acids is 1. The highest BCUT2D eigenvalue weighted by molar-refractivity contribution is 7.85. The predicted octanol–water partition coefficient (Wildman–Crippen LogP) is 0.941. The molecule has 1 aliphatic heterocycles. The summed E-state index contributed by atoms with van der Waals surface area (Å²) in [5, 5.41) is 15.8. The molecule has 0 aliphatic carbocycles. The van der Waals surface area contributed by atoms with E-state index in [4.69, 9.17) is 5.11 Å². The van der Waals surface area contributed by atoms with Gasteiger partial charge in [0.2, 0.25) is 0 Å². The summed E-state index contributed by atoms with van der Waals surface area (Å²) in [6.07, 6.45) is 0.738. The molecular formula is C14H19N3O6S. The molecule has 0 unspecified atom stereocenters. The smallest absolute Gasteiger partial charge is 0.407 e. The molecule has 9 nitrogen and oxygen atoms in total. The molecule has 2 N–H and O–H groups in total. The molecule has 0 saturated carbocycles. The van der Waals surface area contributed by atoms with Crippen LogP contribution in [0.25, 0.3) is 0 Å². The molecule has 10 heteroatoms. The van der Waals surface area contributed by atoms with E-state index in [1.807, 2.05) is 0 Å². The van der Waals surface area contributed by atoms with Crippen molar-refractivity contribution in [1.29, 1.82) is 0 Å². The van der Waals surface area contributed by atoms with Crippen LogP contribution in [0.4, 0.5) is 4.79 Å². The number of aromatic nitrogens is 2. The van der Waals surface area contributed by atoms with Crippen molar-refractivity contribution < 1.29 is 27.3 Å². The first kappa shape index (κ1) is 18.1. The molecule has 1 aromatic heterocycles. The minimum atomic E-state index is -3.55. The molecule has 24 heavy (non-hydrogen) atoms. The molecule has 0 aromatic carbocycles. The van der Waals surface area contributed by atoms with E-state index in [9.17, 15) is 18.0 Å². The third kappa shape index (κ3) is 4.65. The number of rotatable bonds is 7. The van der Waals surface area contributed by atoms with E-state index in [2.05, 4.69) is 21.0 Å². The Morgan fingerprint density at radius 2 is 2.12 bits per heavy atom. The van der Waals surface area contributed by atoms with Gasteiger partial charge in [-0.15, -0.1) is 0 Å². The first-order valence-electron chi connectivity index (χ1n) is 7.25. The zero-order valence-electron chi connectivity index (χ0n) is 13.2. The van der Waals surface area contributed by atoms with Crippen molar-refractivity contribution in [1.82, 2.24) is 15.1 Å². The molecule has 0 fully saturated rings. The number of fused-ring (bicyclic) bond motifs is 1. The number of hydrogen-bond donors (Lipinski definition) is 2. The maximum absolute atomic E-state index is 12.3. The second-order valence-electron chi connectivity index (χ2n) is 5.62. The lowest BCUT2D eigenvalue weighted by molar-refractivity contribution is 0.0973. The zero-order valence-corrected chi connectivity index (χ0v) is 14.1. The van der Waals surface area contributed by atoms with Gasteiger partial charge in [-0.2, -0.15) is 13.5 Å². The molecule has 0 spiro atoms. The van der Waals surface area contributed by atoms with Gasteiger partial charge in [-0.25, -0.2) is 4.79 Å². The Labute approximate surface area is 139 Å². The van der Waals surface area contributed by atoms with Gasteiger partial charge in [0.1, 0.15) is 5.69 Å². The quantitative estimate of drug-likeness (QED) is 0.422. The van der Waals surface area contributed by atoms with Crippen molar-refractivity contribution in [2.24, 2.45) is 0 Å². The summed E-state index contributed by atoms with van der Waals surface area (Å²) >= 11 is 0. The fourth-order valence-corrected chi connectivity index (χ4v) is 2.74. The zero-order chi connectivity index (χ0) is 17.9. The van der Waals surface area contributed by atoms with Gasteiger partial charge in [0, 0.05) is 24.9 Å². The Morgan fingerprint density at radius 3 is 2.75 bits per heavy atom. The molecule has 132 valence electrons. The van der Waals surface area contributed by atoms with Crippen molar-refractivity contribution in [2.75, 3.05) is 19.4 Å². The number of carbonyl (C=O) groups is 2. The first-order valence-corrected chi connectivity index (χ1v) is 9.07. The van der Waals surface area contributed by atoms with Crippen LogP contribution in [-0.4, -0.2) is 59.9 Å². The maximum atomic E-state index is 12.3. The van der Waals surface area contributed by atoms with Gasteiger partial charge in [-0.3, -0.25) is 14.1 Å². The van der Waals surface area contributed by atoms with Crippen LogP contribution < -0.4 is 0 Å². The summed E-state index contributed by atoms with van der Waals surface area (Å²) in [5.74, 6) is -0.225. The summed E-state index contributed by atoms with van der Waals surface area (Å²) in [6.45, 7) is 3.99. The van der Waals surface area contributed by atoms with E-state index in [1.54, 1.807) is 0 Å². The number of nitrogens with one attached hydrogen (secondary N) is 1. The van der Waals surface area contributed by atoms with E-state index in [-0.39, 0.29) is 31.8 Å². The number of carboxylic acid groups (broad SMARTS) is 1. The van der Waals surface area contributed by atoms with Gasteiger partial charge in [0.25, 0.3) is 10.1 Å². The second-order valence-corrected chi connectivity index (χ2v) is 7.26. The van der Waals surface area contributed by atoms with E-state index in [0.717, 1.165) is 6.26 Å². The van der Waals surface area contributed by atoms with Crippen molar-refractivity contribution in [3.8, 4) is 0 Å². The number of Topliss-reactive ketones (excluding diaryl/α,β-unsaturated/α-hetero) is 1. The van der Waals surface area contributed by atoms with E-state index < -0.39 is 16.2 Å². The topological polar surface area (TPSA) is 130 Å². The van der Waals surface area contributed by atoms with Gasteiger partial charge in [-0.1, -0.05) is 6.58 Å². The third-order valence-electron chi connectivity index (χ3n) is 3.65. The molecule has 0 radical (unpaired) electrons. The summed E-state index contributed by atoms with van der Waals surface area (Å²) in [4.78, 5) is 24.6. The van der Waals surface area contributed by atoms with Gasteiger partial charge in [-0.05, 0) is 12.0 Å². The SMILES string of the molecule is C=C(CCC(=O)c1[nH]nc2c1CN(C(=O)O)CC2)COS(C)(=O)=O. The second kappa shape index (κ2) is 7.14. The average molecular weight is 357 g/mol. The van der Waals surface area contributed by atoms with Crippen LogP contribution in [-0.2, 0) is 27.3 Å². The standard InChI is InChI=1S/C14H19N3O6S/c1-9(8-23-24(2,21)22)3-4-12(18)13-10-7-17(14(19)20)6-5-11(10)15-16-13/h1,3-8H2,2H3,(H,15,16)(H,19,20). The fourth-order valence-electron chi connectivity index (χ4n) is 2.36. The first-order chi connectivity index (χ1) is 11.2. The van der Waals surface area contributed by atoms with Gasteiger partial charge < -0.3 is 10.0 Å². The maximum Gasteiger partial charge on any atom is 0.407 e.